The molecule has 1 aliphatic rings. The highest BCUT2D eigenvalue weighted by atomic mass is 35.5. The number of nitrogens with zero attached hydrogens (tertiary/aromatic N) is 4. The Morgan fingerprint density at radius 2 is 2.11 bits per heavy atom. The molecule has 2 heterocycles. The van der Waals surface area contributed by atoms with Crippen LogP contribution >= 0.6 is 11.6 Å². The van der Waals surface area contributed by atoms with Crippen molar-refractivity contribution in [3.8, 4) is 0 Å². The maximum atomic E-state index is 5.84. The Hall–Kier alpha value is -1.94. The highest BCUT2D eigenvalue weighted by Crippen LogP contribution is 2.38. The summed E-state index contributed by atoms with van der Waals surface area (Å²) in [4.78, 5) is 4.09. The van der Waals surface area contributed by atoms with Gasteiger partial charge in [-0.15, -0.1) is 10.2 Å². The Kier molecular flexibility index (Phi) is 1.96. The second-order valence-electron chi connectivity index (χ2n) is 4.45. The fraction of sp³-hybridized carbons (Fsp3) is 0.154. The summed E-state index contributed by atoms with van der Waals surface area (Å²) in [6.07, 6.45) is 2.70. The number of fused-ring (bicyclic) bond motifs is 2. The largest absolute Gasteiger partial charge is 0.269 e. The first-order chi connectivity index (χ1) is 8.83. The Morgan fingerprint density at radius 3 is 3.00 bits per heavy atom. The lowest BCUT2D eigenvalue weighted by atomic mass is 9.77. The first-order valence-electron chi connectivity index (χ1n) is 5.77. The lowest BCUT2D eigenvalue weighted by Crippen LogP contribution is -2.20. The highest BCUT2D eigenvalue weighted by Gasteiger charge is 2.30. The molecule has 2 aromatic heterocycles. The number of benzene rings is 1. The molecule has 4 rings (SSSR count). The van der Waals surface area contributed by atoms with Crippen LogP contribution in [0.2, 0.25) is 5.15 Å². The molecular weight excluding hydrogens is 248 g/mol. The highest BCUT2D eigenvalue weighted by molar-refractivity contribution is 6.29. The first kappa shape index (κ1) is 10.0. The number of aromatic nitrogens is 4. The molecule has 0 bridgehead atoms. The van der Waals surface area contributed by atoms with E-state index in [1.54, 1.807) is 12.4 Å². The number of hydrogen-bond acceptors (Lipinski definition) is 3. The fourth-order valence-electron chi connectivity index (χ4n) is 2.52. The van der Waals surface area contributed by atoms with Crippen molar-refractivity contribution in [2.45, 2.75) is 12.3 Å². The molecule has 0 saturated heterocycles. The summed E-state index contributed by atoms with van der Waals surface area (Å²) in [7, 11) is 0. The number of rotatable bonds is 1. The molecule has 0 N–H and O–H groups in total. The normalized spacial score (nSPS) is 17.5. The third-order valence-corrected chi connectivity index (χ3v) is 3.67. The molecule has 0 aliphatic heterocycles. The molecule has 1 atom stereocenters. The minimum Gasteiger partial charge on any atom is -0.269 e. The van der Waals surface area contributed by atoms with Crippen LogP contribution in [0.4, 0.5) is 0 Å². The standard InChI is InChI=1S/C13H9ClN4/c14-11-6-12-16-17-13(18(12)7-15-11)10-5-8-3-1-2-4-9(8)10/h1-4,6-7,10H,5H2. The summed E-state index contributed by atoms with van der Waals surface area (Å²) in [5.74, 6) is 1.26. The van der Waals surface area contributed by atoms with Crippen molar-refractivity contribution in [1.82, 2.24) is 19.6 Å². The van der Waals surface area contributed by atoms with Crippen LogP contribution in [0.15, 0.2) is 36.7 Å². The molecule has 0 fully saturated rings. The molecule has 0 spiro atoms. The predicted octanol–water partition coefficient (Wildman–Crippen LogP) is 2.47. The Labute approximate surface area is 108 Å². The van der Waals surface area contributed by atoms with Crippen molar-refractivity contribution in [2.75, 3.05) is 0 Å². The Morgan fingerprint density at radius 1 is 1.22 bits per heavy atom. The van der Waals surface area contributed by atoms with Crippen molar-refractivity contribution in [1.29, 1.82) is 0 Å². The van der Waals surface area contributed by atoms with Crippen molar-refractivity contribution >= 4 is 17.2 Å². The molecule has 0 saturated carbocycles. The number of hydrogen-bond donors (Lipinski definition) is 0. The topological polar surface area (TPSA) is 43.1 Å². The molecule has 5 heteroatoms. The molecule has 0 amide bonds. The SMILES string of the molecule is Clc1cc2nnc(C3Cc4ccccc43)n2cn1. The van der Waals surface area contributed by atoms with Crippen LogP contribution in [0.5, 0.6) is 0 Å². The van der Waals surface area contributed by atoms with Gasteiger partial charge in [-0.1, -0.05) is 35.9 Å². The van der Waals surface area contributed by atoms with Crippen molar-refractivity contribution in [2.24, 2.45) is 0 Å². The smallest absolute Gasteiger partial charge is 0.165 e. The van der Waals surface area contributed by atoms with Crippen LogP contribution in [0.25, 0.3) is 5.65 Å². The van der Waals surface area contributed by atoms with E-state index in [9.17, 15) is 0 Å². The van der Waals surface area contributed by atoms with E-state index in [4.69, 9.17) is 11.6 Å². The van der Waals surface area contributed by atoms with Gasteiger partial charge in [0.25, 0.3) is 0 Å². The van der Waals surface area contributed by atoms with E-state index < -0.39 is 0 Å². The molecule has 4 nitrogen and oxygen atoms in total. The summed E-state index contributed by atoms with van der Waals surface area (Å²) >= 11 is 5.84. The minimum atomic E-state index is 0.319. The third-order valence-electron chi connectivity index (χ3n) is 3.46. The third kappa shape index (κ3) is 1.29. The van der Waals surface area contributed by atoms with Crippen molar-refractivity contribution in [3.63, 3.8) is 0 Å². The minimum absolute atomic E-state index is 0.319. The van der Waals surface area contributed by atoms with Gasteiger partial charge in [-0.25, -0.2) is 4.98 Å². The van der Waals surface area contributed by atoms with E-state index in [2.05, 4.69) is 39.4 Å². The molecule has 18 heavy (non-hydrogen) atoms. The van der Waals surface area contributed by atoms with Gasteiger partial charge in [0.05, 0.1) is 0 Å². The maximum Gasteiger partial charge on any atom is 0.165 e. The van der Waals surface area contributed by atoms with Crippen LogP contribution in [-0.4, -0.2) is 19.6 Å². The number of halogens is 1. The summed E-state index contributed by atoms with van der Waals surface area (Å²) in [5, 5.41) is 8.86. The quantitative estimate of drug-likeness (QED) is 0.628. The Bertz CT molecular complexity index is 750. The monoisotopic (exact) mass is 256 g/mol. The molecule has 3 aromatic rings. The van der Waals surface area contributed by atoms with Crippen LogP contribution in [-0.2, 0) is 6.42 Å². The molecule has 1 unspecified atom stereocenters. The summed E-state index contributed by atoms with van der Waals surface area (Å²) in [6, 6.07) is 10.2. The van der Waals surface area contributed by atoms with Gasteiger partial charge in [0.15, 0.2) is 5.65 Å². The van der Waals surface area contributed by atoms with Crippen LogP contribution in [0.1, 0.15) is 22.9 Å². The van der Waals surface area contributed by atoms with Crippen LogP contribution < -0.4 is 0 Å². The zero-order valence-corrected chi connectivity index (χ0v) is 10.2. The van der Waals surface area contributed by atoms with E-state index in [0.29, 0.717) is 11.1 Å². The molecule has 0 radical (unpaired) electrons. The first-order valence-corrected chi connectivity index (χ1v) is 6.15. The summed E-state index contributed by atoms with van der Waals surface area (Å²) in [6.45, 7) is 0. The fourth-order valence-corrected chi connectivity index (χ4v) is 2.66. The zero-order valence-electron chi connectivity index (χ0n) is 9.42. The summed E-state index contributed by atoms with van der Waals surface area (Å²) < 4.78 is 1.91. The second-order valence-corrected chi connectivity index (χ2v) is 4.84. The molecule has 1 aromatic carbocycles. The van der Waals surface area contributed by atoms with E-state index in [1.165, 1.54) is 11.1 Å². The van der Waals surface area contributed by atoms with Crippen molar-refractivity contribution in [3.05, 3.63) is 58.8 Å². The van der Waals surface area contributed by atoms with Gasteiger partial charge in [0.1, 0.15) is 17.3 Å². The van der Waals surface area contributed by atoms with Gasteiger partial charge in [0.2, 0.25) is 0 Å². The molecule has 88 valence electrons. The van der Waals surface area contributed by atoms with E-state index in [1.807, 2.05) is 4.40 Å². The van der Waals surface area contributed by atoms with Gasteiger partial charge < -0.3 is 0 Å². The average Bonchev–Trinajstić information content (AvgIpc) is 2.74. The van der Waals surface area contributed by atoms with Gasteiger partial charge in [-0.05, 0) is 17.5 Å². The predicted molar refractivity (Wildman–Crippen MR) is 67.8 cm³/mol. The van der Waals surface area contributed by atoms with Gasteiger partial charge >= 0.3 is 0 Å². The summed E-state index contributed by atoms with van der Waals surface area (Å²) in [5.41, 5.74) is 3.47. The molecular formula is C13H9ClN4. The van der Waals surface area contributed by atoms with E-state index in [0.717, 1.165) is 17.9 Å². The second kappa shape index (κ2) is 3.53. The van der Waals surface area contributed by atoms with Gasteiger partial charge in [0, 0.05) is 12.0 Å². The van der Waals surface area contributed by atoms with Crippen LogP contribution in [0.3, 0.4) is 0 Å². The lowest BCUT2D eigenvalue weighted by molar-refractivity contribution is 0.650. The van der Waals surface area contributed by atoms with Crippen molar-refractivity contribution < 1.29 is 0 Å². The average molecular weight is 257 g/mol. The van der Waals surface area contributed by atoms with E-state index in [-0.39, 0.29) is 0 Å². The molecule has 1 aliphatic carbocycles. The maximum absolute atomic E-state index is 5.84. The lowest BCUT2D eigenvalue weighted by Gasteiger charge is -2.28. The Balaban J connectivity index is 1.86. The van der Waals surface area contributed by atoms with E-state index >= 15 is 0 Å². The van der Waals surface area contributed by atoms with Gasteiger partial charge in [-0.2, -0.15) is 0 Å². The zero-order chi connectivity index (χ0) is 12.1. The van der Waals surface area contributed by atoms with Gasteiger partial charge in [-0.3, -0.25) is 4.40 Å². The van der Waals surface area contributed by atoms with Crippen LogP contribution in [0, 0.1) is 0 Å².